The Kier molecular flexibility index (Phi) is 7.68. The van der Waals surface area contributed by atoms with Gasteiger partial charge in [0.05, 0.1) is 22.9 Å². The Balaban J connectivity index is 0.928. The number of nitrogens with zero attached hydrogens (tertiary/aromatic N) is 5. The number of fused-ring (bicyclic) bond motifs is 3. The Morgan fingerprint density at radius 3 is 2.36 bits per heavy atom. The van der Waals surface area contributed by atoms with E-state index in [2.05, 4.69) is 66.6 Å². The first-order valence-electron chi connectivity index (χ1n) is 15.7. The second-order valence-corrected chi connectivity index (χ2v) is 12.5. The van der Waals surface area contributed by atoms with Gasteiger partial charge >= 0.3 is 0 Å². The van der Waals surface area contributed by atoms with Crippen molar-refractivity contribution in [1.82, 2.24) is 30.5 Å². The number of aromatic nitrogens is 3. The lowest BCUT2D eigenvalue weighted by molar-refractivity contribution is 0.0924. The molecule has 3 aliphatic rings. The Morgan fingerprint density at radius 1 is 0.909 bits per heavy atom. The largest absolute Gasteiger partial charge is 0.369 e. The van der Waals surface area contributed by atoms with Crippen molar-refractivity contribution in [2.75, 3.05) is 43.0 Å². The monoisotopic (exact) mass is 592 g/mol. The number of hydrogen-bond acceptors (Lipinski definition) is 7. The SMILES string of the molecule is Cc1c(C(=O)N[C@H]2C[C@H]3CC[C@@H](C2)N3c2ccc(C(=O)NCc3ccc(N4CCN(C)CC4)cc3)cn2)ccc2[nH]cnc12. The highest BCUT2D eigenvalue weighted by Gasteiger charge is 2.42. The van der Waals surface area contributed by atoms with Crippen molar-refractivity contribution in [1.29, 1.82) is 0 Å². The molecule has 5 heterocycles. The van der Waals surface area contributed by atoms with Gasteiger partial charge in [-0.1, -0.05) is 12.1 Å². The molecule has 0 unspecified atom stereocenters. The number of pyridine rings is 1. The molecule has 10 nitrogen and oxygen atoms in total. The molecule has 3 saturated heterocycles. The van der Waals surface area contributed by atoms with E-state index in [0.717, 1.165) is 79.8 Å². The van der Waals surface area contributed by atoms with Crippen LogP contribution in [0.1, 0.15) is 57.5 Å². The predicted octanol–water partition coefficient (Wildman–Crippen LogP) is 3.88. The number of H-pyrrole nitrogens is 1. The van der Waals surface area contributed by atoms with Crippen molar-refractivity contribution in [2.45, 2.75) is 57.3 Å². The van der Waals surface area contributed by atoms with E-state index in [4.69, 9.17) is 4.98 Å². The zero-order valence-corrected chi connectivity index (χ0v) is 25.4. The van der Waals surface area contributed by atoms with Crippen molar-refractivity contribution in [3.8, 4) is 0 Å². The number of piperazine rings is 1. The third kappa shape index (κ3) is 5.61. The number of hydrogen-bond donors (Lipinski definition) is 3. The average molecular weight is 593 g/mol. The topological polar surface area (TPSA) is 109 Å². The number of aromatic amines is 1. The van der Waals surface area contributed by atoms with E-state index in [1.165, 1.54) is 5.69 Å². The van der Waals surface area contributed by atoms with Gasteiger partial charge in [0.1, 0.15) is 5.82 Å². The number of aryl methyl sites for hydroxylation is 1. The van der Waals surface area contributed by atoms with Crippen LogP contribution in [0.2, 0.25) is 0 Å². The molecule has 0 radical (unpaired) electrons. The van der Waals surface area contributed by atoms with Gasteiger partial charge in [-0.15, -0.1) is 0 Å². The normalized spacial score (nSPS) is 21.9. The van der Waals surface area contributed by atoms with E-state index in [1.54, 1.807) is 12.5 Å². The highest BCUT2D eigenvalue weighted by atomic mass is 16.2. The third-order valence-corrected chi connectivity index (χ3v) is 9.69. The van der Waals surface area contributed by atoms with Crippen LogP contribution in [0.15, 0.2) is 61.1 Å². The van der Waals surface area contributed by atoms with Crippen LogP contribution in [0.5, 0.6) is 0 Å². The summed E-state index contributed by atoms with van der Waals surface area (Å²) in [5.74, 6) is 0.739. The molecule has 3 N–H and O–H groups in total. The summed E-state index contributed by atoms with van der Waals surface area (Å²) in [5, 5.41) is 6.34. The molecular formula is C34H40N8O2. The van der Waals surface area contributed by atoms with Crippen LogP contribution in [0.4, 0.5) is 11.5 Å². The lowest BCUT2D eigenvalue weighted by Gasteiger charge is -2.40. The molecule has 3 atom stereocenters. The van der Waals surface area contributed by atoms with Crippen LogP contribution in [-0.4, -0.2) is 83.0 Å². The highest BCUT2D eigenvalue weighted by Crippen LogP contribution is 2.38. The number of imidazole rings is 1. The number of carbonyl (C=O) groups excluding carboxylic acids is 2. The molecule has 2 amide bonds. The Morgan fingerprint density at radius 2 is 1.66 bits per heavy atom. The number of anilines is 2. The van der Waals surface area contributed by atoms with Gasteiger partial charge in [0.25, 0.3) is 11.8 Å². The molecule has 2 aromatic heterocycles. The minimum atomic E-state index is -0.125. The maximum Gasteiger partial charge on any atom is 0.253 e. The summed E-state index contributed by atoms with van der Waals surface area (Å²) >= 11 is 0. The van der Waals surface area contributed by atoms with Crippen LogP contribution in [0.3, 0.4) is 0 Å². The maximum absolute atomic E-state index is 13.2. The number of piperidine rings is 1. The van der Waals surface area contributed by atoms with Gasteiger partial charge in [-0.25, -0.2) is 9.97 Å². The summed E-state index contributed by atoms with van der Waals surface area (Å²) in [6.07, 6.45) is 7.25. The van der Waals surface area contributed by atoms with Gasteiger partial charge in [-0.05, 0) is 87.2 Å². The molecule has 10 heteroatoms. The fraction of sp³-hybridized carbons (Fsp3) is 0.412. The van der Waals surface area contributed by atoms with Crippen LogP contribution < -0.4 is 20.4 Å². The molecule has 3 aliphatic heterocycles. The molecule has 0 saturated carbocycles. The molecule has 3 fully saturated rings. The van der Waals surface area contributed by atoms with Gasteiger partial charge in [-0.3, -0.25) is 9.59 Å². The molecule has 0 aliphatic carbocycles. The summed E-state index contributed by atoms with van der Waals surface area (Å²) in [7, 11) is 2.16. The number of rotatable bonds is 7. The molecule has 7 rings (SSSR count). The first-order chi connectivity index (χ1) is 21.4. The van der Waals surface area contributed by atoms with Gasteiger partial charge in [0.15, 0.2) is 0 Å². The van der Waals surface area contributed by atoms with Gasteiger partial charge in [-0.2, -0.15) is 0 Å². The van der Waals surface area contributed by atoms with Crippen LogP contribution in [0, 0.1) is 6.92 Å². The van der Waals surface area contributed by atoms with Gasteiger partial charge in [0, 0.05) is 68.3 Å². The number of likely N-dealkylation sites (N-methyl/N-ethyl adjacent to an activating group) is 1. The van der Waals surface area contributed by atoms with E-state index >= 15 is 0 Å². The number of benzene rings is 2. The van der Waals surface area contributed by atoms with Crippen molar-refractivity contribution < 1.29 is 9.59 Å². The van der Waals surface area contributed by atoms with E-state index in [1.807, 2.05) is 31.2 Å². The number of amides is 2. The lowest BCUT2D eigenvalue weighted by atomic mass is 9.96. The fourth-order valence-corrected chi connectivity index (χ4v) is 7.17. The molecule has 44 heavy (non-hydrogen) atoms. The van der Waals surface area contributed by atoms with Crippen LogP contribution in [0.25, 0.3) is 11.0 Å². The molecule has 0 spiro atoms. The van der Waals surface area contributed by atoms with Crippen molar-refractivity contribution in [3.63, 3.8) is 0 Å². The molecule has 2 aromatic carbocycles. The fourth-order valence-electron chi connectivity index (χ4n) is 7.17. The van der Waals surface area contributed by atoms with Gasteiger partial charge < -0.3 is 30.3 Å². The van der Waals surface area contributed by atoms with E-state index in [-0.39, 0.29) is 17.9 Å². The van der Waals surface area contributed by atoms with Crippen molar-refractivity contribution in [2.24, 2.45) is 0 Å². The minimum absolute atomic E-state index is 0.0373. The van der Waals surface area contributed by atoms with E-state index in [0.29, 0.717) is 29.8 Å². The highest BCUT2D eigenvalue weighted by molar-refractivity contribution is 6.00. The first-order valence-corrected chi connectivity index (χ1v) is 15.7. The minimum Gasteiger partial charge on any atom is -0.369 e. The second kappa shape index (κ2) is 11.9. The number of nitrogens with one attached hydrogen (secondary N) is 3. The van der Waals surface area contributed by atoms with Crippen LogP contribution >= 0.6 is 0 Å². The lowest BCUT2D eigenvalue weighted by Crippen LogP contribution is -2.50. The molecule has 4 aromatic rings. The molecule has 2 bridgehead atoms. The zero-order valence-electron chi connectivity index (χ0n) is 25.4. The van der Waals surface area contributed by atoms with Gasteiger partial charge in [0.2, 0.25) is 0 Å². The van der Waals surface area contributed by atoms with Crippen molar-refractivity contribution >= 4 is 34.4 Å². The predicted molar refractivity (Wildman–Crippen MR) is 172 cm³/mol. The summed E-state index contributed by atoms with van der Waals surface area (Å²) in [6, 6.07) is 16.9. The summed E-state index contributed by atoms with van der Waals surface area (Å²) < 4.78 is 0. The summed E-state index contributed by atoms with van der Waals surface area (Å²) in [4.78, 5) is 45.5. The smallest absolute Gasteiger partial charge is 0.253 e. The van der Waals surface area contributed by atoms with E-state index < -0.39 is 0 Å². The second-order valence-electron chi connectivity index (χ2n) is 12.5. The Bertz CT molecular complexity index is 1630. The van der Waals surface area contributed by atoms with Crippen molar-refractivity contribution in [3.05, 3.63) is 83.3 Å². The molecule has 228 valence electrons. The summed E-state index contributed by atoms with van der Waals surface area (Å²) in [6.45, 7) is 6.65. The quantitative estimate of drug-likeness (QED) is 0.299. The van der Waals surface area contributed by atoms with Crippen LogP contribution in [-0.2, 0) is 6.54 Å². The Hall–Kier alpha value is -4.44. The standard InChI is InChI=1S/C34H40N8O2/c1-22-29(10-11-30-32(22)38-21-37-30)34(44)39-25-17-27-8-9-28(18-25)42(27)31-12-5-24(20-35-31)33(43)36-19-23-3-6-26(7-4-23)41-15-13-40(2)14-16-41/h3-7,10-12,20-21,25,27-28H,8-9,13-19H2,1-2H3,(H,36,43)(H,37,38)(H,39,44)/t25-,27+,28-. The first kappa shape index (κ1) is 28.3. The number of carbonyl (C=O) groups is 2. The third-order valence-electron chi connectivity index (χ3n) is 9.69. The zero-order chi connectivity index (χ0) is 30.2. The summed E-state index contributed by atoms with van der Waals surface area (Å²) in [5.41, 5.74) is 6.21. The van der Waals surface area contributed by atoms with E-state index in [9.17, 15) is 9.59 Å². The maximum atomic E-state index is 13.2. The molecular weight excluding hydrogens is 552 g/mol. The average Bonchev–Trinajstić information content (AvgIpc) is 3.63. The Labute approximate surface area is 257 Å².